The third-order valence-electron chi connectivity index (χ3n) is 3.12. The van der Waals surface area contributed by atoms with E-state index < -0.39 is 0 Å². The number of benzene rings is 1. The van der Waals surface area contributed by atoms with Crippen LogP contribution >= 0.6 is 0 Å². The molecule has 0 amide bonds. The SMILES string of the molecule is CCCNCc1ccc(C)c(-c2nccn2C)c1. The van der Waals surface area contributed by atoms with E-state index in [1.54, 1.807) is 0 Å². The smallest absolute Gasteiger partial charge is 0.139 e. The molecule has 0 bridgehead atoms. The average molecular weight is 243 g/mol. The molecule has 3 heteroatoms. The minimum Gasteiger partial charge on any atom is -0.334 e. The summed E-state index contributed by atoms with van der Waals surface area (Å²) in [5.41, 5.74) is 3.80. The Kier molecular flexibility index (Phi) is 4.15. The summed E-state index contributed by atoms with van der Waals surface area (Å²) < 4.78 is 2.06. The molecule has 2 rings (SSSR count). The van der Waals surface area contributed by atoms with E-state index in [4.69, 9.17) is 0 Å². The van der Waals surface area contributed by atoms with Crippen molar-refractivity contribution >= 4 is 0 Å². The summed E-state index contributed by atoms with van der Waals surface area (Å²) in [7, 11) is 2.03. The maximum Gasteiger partial charge on any atom is 0.139 e. The first-order valence-electron chi connectivity index (χ1n) is 6.50. The van der Waals surface area contributed by atoms with Gasteiger partial charge < -0.3 is 9.88 Å². The Morgan fingerprint density at radius 1 is 1.33 bits per heavy atom. The summed E-state index contributed by atoms with van der Waals surface area (Å²) in [5, 5.41) is 3.43. The standard InChI is InChI=1S/C15H21N3/c1-4-7-16-11-13-6-5-12(2)14(10-13)15-17-8-9-18(15)3/h5-6,8-10,16H,4,7,11H2,1-3H3. The van der Waals surface area contributed by atoms with E-state index in [1.165, 1.54) is 16.7 Å². The zero-order valence-corrected chi connectivity index (χ0v) is 11.4. The number of hydrogen-bond acceptors (Lipinski definition) is 2. The van der Waals surface area contributed by atoms with Crippen LogP contribution in [-0.4, -0.2) is 16.1 Å². The molecule has 1 aromatic carbocycles. The van der Waals surface area contributed by atoms with Crippen molar-refractivity contribution in [1.82, 2.24) is 14.9 Å². The maximum absolute atomic E-state index is 4.43. The van der Waals surface area contributed by atoms with E-state index in [0.29, 0.717) is 0 Å². The van der Waals surface area contributed by atoms with Gasteiger partial charge in [-0.3, -0.25) is 0 Å². The van der Waals surface area contributed by atoms with Crippen LogP contribution in [0.5, 0.6) is 0 Å². The van der Waals surface area contributed by atoms with Crippen LogP contribution in [0.4, 0.5) is 0 Å². The van der Waals surface area contributed by atoms with Crippen LogP contribution in [0.3, 0.4) is 0 Å². The highest BCUT2D eigenvalue weighted by atomic mass is 15.0. The van der Waals surface area contributed by atoms with Gasteiger partial charge in [-0.1, -0.05) is 19.1 Å². The Bertz CT molecular complexity index is 514. The Labute approximate surface area is 109 Å². The first-order chi connectivity index (χ1) is 8.72. The van der Waals surface area contributed by atoms with Crippen LogP contribution in [0.15, 0.2) is 30.6 Å². The number of hydrogen-bond donors (Lipinski definition) is 1. The van der Waals surface area contributed by atoms with Crippen molar-refractivity contribution in [3.63, 3.8) is 0 Å². The monoisotopic (exact) mass is 243 g/mol. The Morgan fingerprint density at radius 2 is 2.17 bits per heavy atom. The van der Waals surface area contributed by atoms with Crippen LogP contribution in [0, 0.1) is 6.92 Å². The molecule has 0 unspecified atom stereocenters. The van der Waals surface area contributed by atoms with E-state index in [-0.39, 0.29) is 0 Å². The second-order valence-electron chi connectivity index (χ2n) is 4.69. The zero-order valence-electron chi connectivity index (χ0n) is 11.4. The lowest BCUT2D eigenvalue weighted by Crippen LogP contribution is -2.13. The van der Waals surface area contributed by atoms with Crippen molar-refractivity contribution in [2.45, 2.75) is 26.8 Å². The third-order valence-corrected chi connectivity index (χ3v) is 3.12. The number of nitrogens with one attached hydrogen (secondary N) is 1. The van der Waals surface area contributed by atoms with Crippen LogP contribution in [0.2, 0.25) is 0 Å². The fourth-order valence-corrected chi connectivity index (χ4v) is 2.05. The molecular formula is C15H21N3. The molecule has 3 nitrogen and oxygen atoms in total. The summed E-state index contributed by atoms with van der Waals surface area (Å²) >= 11 is 0. The first-order valence-corrected chi connectivity index (χ1v) is 6.50. The van der Waals surface area contributed by atoms with E-state index >= 15 is 0 Å². The maximum atomic E-state index is 4.43. The fraction of sp³-hybridized carbons (Fsp3) is 0.400. The van der Waals surface area contributed by atoms with E-state index in [1.807, 2.05) is 19.4 Å². The summed E-state index contributed by atoms with van der Waals surface area (Å²) in [6.45, 7) is 6.30. The van der Waals surface area contributed by atoms with Gasteiger partial charge in [0, 0.05) is 31.5 Å². The molecule has 0 atom stereocenters. The highest BCUT2D eigenvalue weighted by molar-refractivity contribution is 5.61. The van der Waals surface area contributed by atoms with Gasteiger partial charge in [-0.2, -0.15) is 0 Å². The Balaban J connectivity index is 2.25. The largest absolute Gasteiger partial charge is 0.334 e. The molecular weight excluding hydrogens is 222 g/mol. The van der Waals surface area contributed by atoms with E-state index in [9.17, 15) is 0 Å². The van der Waals surface area contributed by atoms with Crippen molar-refractivity contribution in [1.29, 1.82) is 0 Å². The van der Waals surface area contributed by atoms with Crippen LogP contribution < -0.4 is 5.32 Å². The molecule has 0 saturated carbocycles. The van der Waals surface area contributed by atoms with Gasteiger partial charge in [0.25, 0.3) is 0 Å². The minimum atomic E-state index is 0.922. The molecule has 0 radical (unpaired) electrons. The lowest BCUT2D eigenvalue weighted by molar-refractivity contribution is 0.675. The molecule has 1 aromatic heterocycles. The van der Waals surface area contributed by atoms with Crippen molar-refractivity contribution in [2.75, 3.05) is 6.54 Å². The summed E-state index contributed by atoms with van der Waals surface area (Å²) in [6, 6.07) is 6.59. The van der Waals surface area contributed by atoms with Gasteiger partial charge in [0.1, 0.15) is 5.82 Å². The molecule has 0 aliphatic heterocycles. The van der Waals surface area contributed by atoms with Crippen molar-refractivity contribution in [2.24, 2.45) is 7.05 Å². The highest BCUT2D eigenvalue weighted by Crippen LogP contribution is 2.22. The lowest BCUT2D eigenvalue weighted by Gasteiger charge is -2.09. The lowest BCUT2D eigenvalue weighted by atomic mass is 10.0. The predicted molar refractivity (Wildman–Crippen MR) is 75.4 cm³/mol. The van der Waals surface area contributed by atoms with Gasteiger partial charge in [-0.05, 0) is 37.1 Å². The third kappa shape index (κ3) is 2.79. The van der Waals surface area contributed by atoms with Crippen LogP contribution in [-0.2, 0) is 13.6 Å². The summed E-state index contributed by atoms with van der Waals surface area (Å²) in [5.74, 6) is 1.03. The van der Waals surface area contributed by atoms with Crippen molar-refractivity contribution < 1.29 is 0 Å². The number of rotatable bonds is 5. The minimum absolute atomic E-state index is 0.922. The van der Waals surface area contributed by atoms with Crippen molar-refractivity contribution in [3.8, 4) is 11.4 Å². The molecule has 18 heavy (non-hydrogen) atoms. The summed E-state index contributed by atoms with van der Waals surface area (Å²) in [4.78, 5) is 4.43. The second-order valence-corrected chi connectivity index (χ2v) is 4.69. The molecule has 0 spiro atoms. The fourth-order valence-electron chi connectivity index (χ4n) is 2.05. The molecule has 1 N–H and O–H groups in total. The van der Waals surface area contributed by atoms with Crippen LogP contribution in [0.1, 0.15) is 24.5 Å². The van der Waals surface area contributed by atoms with Crippen molar-refractivity contribution in [3.05, 3.63) is 41.7 Å². The number of aromatic nitrogens is 2. The number of nitrogens with zero attached hydrogens (tertiary/aromatic N) is 2. The van der Waals surface area contributed by atoms with Gasteiger partial charge in [0.15, 0.2) is 0 Å². The molecule has 0 aliphatic rings. The van der Waals surface area contributed by atoms with E-state index in [0.717, 1.165) is 25.3 Å². The first kappa shape index (κ1) is 12.8. The molecule has 0 fully saturated rings. The molecule has 0 aliphatic carbocycles. The normalized spacial score (nSPS) is 10.8. The molecule has 0 saturated heterocycles. The molecule has 1 heterocycles. The quantitative estimate of drug-likeness (QED) is 0.818. The number of imidazole rings is 1. The van der Waals surface area contributed by atoms with E-state index in [2.05, 4.69) is 46.9 Å². The Hall–Kier alpha value is -1.61. The molecule has 96 valence electrons. The average Bonchev–Trinajstić information content (AvgIpc) is 2.78. The Morgan fingerprint density at radius 3 is 2.83 bits per heavy atom. The number of aryl methyl sites for hydroxylation is 2. The predicted octanol–water partition coefficient (Wildman–Crippen LogP) is 2.90. The van der Waals surface area contributed by atoms with Crippen LogP contribution in [0.25, 0.3) is 11.4 Å². The summed E-state index contributed by atoms with van der Waals surface area (Å²) in [6.07, 6.45) is 4.99. The second kappa shape index (κ2) is 5.83. The van der Waals surface area contributed by atoms with Gasteiger partial charge >= 0.3 is 0 Å². The highest BCUT2D eigenvalue weighted by Gasteiger charge is 2.07. The van der Waals surface area contributed by atoms with Gasteiger partial charge in [0.05, 0.1) is 0 Å². The van der Waals surface area contributed by atoms with Gasteiger partial charge in [-0.25, -0.2) is 4.98 Å². The van der Waals surface area contributed by atoms with Gasteiger partial charge in [0.2, 0.25) is 0 Å². The molecule has 2 aromatic rings. The topological polar surface area (TPSA) is 29.9 Å². The zero-order chi connectivity index (χ0) is 13.0. The van der Waals surface area contributed by atoms with Gasteiger partial charge in [-0.15, -0.1) is 0 Å².